The van der Waals surface area contributed by atoms with Gasteiger partial charge in [-0.15, -0.1) is 0 Å². The van der Waals surface area contributed by atoms with Crippen molar-refractivity contribution < 1.29 is 0 Å². The molecular formula is C15H30. The molecule has 1 unspecified atom stereocenters. The van der Waals surface area contributed by atoms with Gasteiger partial charge in [-0.25, -0.2) is 0 Å². The van der Waals surface area contributed by atoms with Gasteiger partial charge < -0.3 is 0 Å². The fraction of sp³-hybridized carbons (Fsp3) is 0.867. The first-order chi connectivity index (χ1) is 7.35. The van der Waals surface area contributed by atoms with Crippen molar-refractivity contribution in [2.75, 3.05) is 0 Å². The standard InChI is InChI=1S/C15H30/c1-4-7-9-11-14-15(12-6-3)13-10-8-5-2/h6,12,15H,4-5,7-11,13-14H2,1-3H3. The molecule has 0 radical (unpaired) electrons. The highest BCUT2D eigenvalue weighted by Gasteiger charge is 2.03. The smallest absolute Gasteiger partial charge is 0.0234 e. The largest absolute Gasteiger partial charge is 0.0914 e. The van der Waals surface area contributed by atoms with Gasteiger partial charge in [0.15, 0.2) is 0 Å². The average molecular weight is 210 g/mol. The van der Waals surface area contributed by atoms with E-state index in [1.54, 1.807) is 0 Å². The molecular weight excluding hydrogens is 180 g/mol. The van der Waals surface area contributed by atoms with E-state index in [-0.39, 0.29) is 0 Å². The predicted molar refractivity (Wildman–Crippen MR) is 71.2 cm³/mol. The van der Waals surface area contributed by atoms with E-state index in [4.69, 9.17) is 0 Å². The lowest BCUT2D eigenvalue weighted by Gasteiger charge is -2.12. The van der Waals surface area contributed by atoms with E-state index in [0.29, 0.717) is 0 Å². The zero-order valence-electron chi connectivity index (χ0n) is 11.1. The number of hydrogen-bond donors (Lipinski definition) is 0. The monoisotopic (exact) mass is 210 g/mol. The van der Waals surface area contributed by atoms with E-state index >= 15 is 0 Å². The van der Waals surface area contributed by atoms with Crippen LogP contribution in [0.3, 0.4) is 0 Å². The van der Waals surface area contributed by atoms with E-state index in [1.807, 2.05) is 0 Å². The molecule has 0 heterocycles. The van der Waals surface area contributed by atoms with Gasteiger partial charge in [0.25, 0.3) is 0 Å². The minimum atomic E-state index is 0.860. The van der Waals surface area contributed by atoms with E-state index in [9.17, 15) is 0 Å². The predicted octanol–water partition coefficient (Wildman–Crippen LogP) is 5.73. The summed E-state index contributed by atoms with van der Waals surface area (Å²) in [6.07, 6.45) is 17.3. The zero-order chi connectivity index (χ0) is 11.4. The van der Waals surface area contributed by atoms with Crippen molar-refractivity contribution in [2.24, 2.45) is 5.92 Å². The first kappa shape index (κ1) is 14.7. The number of unbranched alkanes of at least 4 members (excludes halogenated alkanes) is 5. The average Bonchev–Trinajstić information content (AvgIpc) is 2.24. The fourth-order valence-corrected chi connectivity index (χ4v) is 2.10. The summed E-state index contributed by atoms with van der Waals surface area (Å²) in [7, 11) is 0. The number of hydrogen-bond acceptors (Lipinski definition) is 0. The molecule has 0 aliphatic rings. The summed E-state index contributed by atoms with van der Waals surface area (Å²) < 4.78 is 0. The van der Waals surface area contributed by atoms with Gasteiger partial charge in [-0.3, -0.25) is 0 Å². The third-order valence-corrected chi connectivity index (χ3v) is 3.07. The molecule has 0 N–H and O–H groups in total. The maximum Gasteiger partial charge on any atom is -0.0234 e. The second-order valence-corrected chi connectivity index (χ2v) is 4.63. The molecule has 0 spiro atoms. The van der Waals surface area contributed by atoms with Crippen molar-refractivity contribution in [2.45, 2.75) is 78.6 Å². The van der Waals surface area contributed by atoms with Gasteiger partial charge in [0, 0.05) is 0 Å². The van der Waals surface area contributed by atoms with Crippen LogP contribution >= 0.6 is 0 Å². The molecule has 0 saturated heterocycles. The first-order valence-electron chi connectivity index (χ1n) is 6.97. The van der Waals surface area contributed by atoms with E-state index in [0.717, 1.165) is 5.92 Å². The van der Waals surface area contributed by atoms with Crippen molar-refractivity contribution in [1.29, 1.82) is 0 Å². The van der Waals surface area contributed by atoms with Crippen molar-refractivity contribution in [1.82, 2.24) is 0 Å². The van der Waals surface area contributed by atoms with Crippen molar-refractivity contribution in [3.63, 3.8) is 0 Å². The summed E-state index contributed by atoms with van der Waals surface area (Å²) in [5, 5.41) is 0. The fourth-order valence-electron chi connectivity index (χ4n) is 2.10. The van der Waals surface area contributed by atoms with E-state index < -0.39 is 0 Å². The highest BCUT2D eigenvalue weighted by atomic mass is 14.1. The molecule has 0 aromatic carbocycles. The van der Waals surface area contributed by atoms with Gasteiger partial charge in [-0.05, 0) is 25.7 Å². The van der Waals surface area contributed by atoms with Crippen LogP contribution in [0.15, 0.2) is 12.2 Å². The Hall–Kier alpha value is -0.260. The quantitative estimate of drug-likeness (QED) is 0.319. The van der Waals surface area contributed by atoms with Crippen molar-refractivity contribution in [3.8, 4) is 0 Å². The van der Waals surface area contributed by atoms with Crippen LogP contribution in [-0.4, -0.2) is 0 Å². The summed E-state index contributed by atoms with van der Waals surface area (Å²) in [5.74, 6) is 0.860. The lowest BCUT2D eigenvalue weighted by molar-refractivity contribution is 0.477. The van der Waals surface area contributed by atoms with Gasteiger partial charge in [-0.2, -0.15) is 0 Å². The van der Waals surface area contributed by atoms with Crippen LogP contribution in [0.4, 0.5) is 0 Å². The minimum Gasteiger partial charge on any atom is -0.0914 e. The Bertz CT molecular complexity index is 135. The number of rotatable bonds is 10. The van der Waals surface area contributed by atoms with Gasteiger partial charge >= 0.3 is 0 Å². The first-order valence-corrected chi connectivity index (χ1v) is 6.97. The zero-order valence-corrected chi connectivity index (χ0v) is 11.1. The Morgan fingerprint density at radius 3 is 1.87 bits per heavy atom. The third-order valence-electron chi connectivity index (χ3n) is 3.07. The van der Waals surface area contributed by atoms with Crippen LogP contribution in [0.2, 0.25) is 0 Å². The Morgan fingerprint density at radius 1 is 0.800 bits per heavy atom. The highest BCUT2D eigenvalue weighted by molar-refractivity contribution is 4.85. The molecule has 0 fully saturated rings. The molecule has 1 atom stereocenters. The van der Waals surface area contributed by atoms with Crippen molar-refractivity contribution in [3.05, 3.63) is 12.2 Å². The summed E-state index contributed by atoms with van der Waals surface area (Å²) >= 11 is 0. The maximum absolute atomic E-state index is 2.42. The van der Waals surface area contributed by atoms with Crippen LogP contribution in [0.1, 0.15) is 78.6 Å². The lowest BCUT2D eigenvalue weighted by atomic mass is 9.94. The van der Waals surface area contributed by atoms with E-state index in [1.165, 1.54) is 57.8 Å². The molecule has 0 nitrogen and oxygen atoms in total. The third kappa shape index (κ3) is 10.0. The lowest BCUT2D eigenvalue weighted by Crippen LogP contribution is -1.97. The molecule has 90 valence electrons. The van der Waals surface area contributed by atoms with Crippen LogP contribution < -0.4 is 0 Å². The molecule has 0 aliphatic carbocycles. The van der Waals surface area contributed by atoms with Crippen LogP contribution in [-0.2, 0) is 0 Å². The molecule has 15 heavy (non-hydrogen) atoms. The molecule has 0 aromatic rings. The summed E-state index contributed by atoms with van der Waals surface area (Å²) in [4.78, 5) is 0. The van der Waals surface area contributed by atoms with Gasteiger partial charge in [0.05, 0.1) is 0 Å². The Balaban J connectivity index is 3.54. The van der Waals surface area contributed by atoms with Gasteiger partial charge in [0.2, 0.25) is 0 Å². The van der Waals surface area contributed by atoms with Gasteiger partial charge in [-0.1, -0.05) is 70.9 Å². The normalized spacial score (nSPS) is 13.5. The molecule has 0 aromatic heterocycles. The number of allylic oxidation sites excluding steroid dienone is 2. The van der Waals surface area contributed by atoms with E-state index in [2.05, 4.69) is 32.9 Å². The Kier molecular flexibility index (Phi) is 11.6. The van der Waals surface area contributed by atoms with Crippen LogP contribution in [0.25, 0.3) is 0 Å². The second kappa shape index (κ2) is 11.8. The van der Waals surface area contributed by atoms with Crippen LogP contribution in [0.5, 0.6) is 0 Å². The molecule has 0 bridgehead atoms. The summed E-state index contributed by atoms with van der Waals surface area (Å²) in [5.41, 5.74) is 0. The maximum atomic E-state index is 2.42. The molecule has 0 rings (SSSR count). The van der Waals surface area contributed by atoms with Crippen LogP contribution in [0, 0.1) is 5.92 Å². The highest BCUT2D eigenvalue weighted by Crippen LogP contribution is 2.19. The Labute approximate surface area is 97.2 Å². The minimum absolute atomic E-state index is 0.860. The summed E-state index contributed by atoms with van der Waals surface area (Å²) in [6.45, 7) is 6.72. The van der Waals surface area contributed by atoms with Gasteiger partial charge in [0.1, 0.15) is 0 Å². The molecule has 0 aliphatic heterocycles. The Morgan fingerprint density at radius 2 is 1.33 bits per heavy atom. The SMILES string of the molecule is CC=CC(CCCCC)CCCCCC. The molecule has 0 heteroatoms. The second-order valence-electron chi connectivity index (χ2n) is 4.63. The molecule has 0 saturated carbocycles. The summed E-state index contributed by atoms with van der Waals surface area (Å²) in [6, 6.07) is 0. The molecule has 0 amide bonds. The van der Waals surface area contributed by atoms with Crippen molar-refractivity contribution >= 4 is 0 Å². The topological polar surface area (TPSA) is 0 Å².